The Bertz CT molecular complexity index is 192. The van der Waals surface area contributed by atoms with E-state index < -0.39 is 0 Å². The van der Waals surface area contributed by atoms with Gasteiger partial charge >= 0.3 is 0 Å². The van der Waals surface area contributed by atoms with Crippen molar-refractivity contribution < 1.29 is 4.79 Å². The normalized spacial score (nSPS) is 22.6. The summed E-state index contributed by atoms with van der Waals surface area (Å²) in [5.41, 5.74) is 0. The number of carbonyl (C=O) groups excluding carboxylic acids is 1. The Morgan fingerprint density at radius 1 is 1.07 bits per heavy atom. The molecule has 1 amide bonds. The Morgan fingerprint density at radius 2 is 1.79 bits per heavy atom. The maximum Gasteiger partial charge on any atom is 0.220 e. The van der Waals surface area contributed by atoms with E-state index in [0.29, 0.717) is 0 Å². The molecule has 0 saturated heterocycles. The molecule has 0 radical (unpaired) electrons. The lowest BCUT2D eigenvalue weighted by Crippen LogP contribution is -2.25. The summed E-state index contributed by atoms with van der Waals surface area (Å²) in [6.07, 6.45) is 10.0. The van der Waals surface area contributed by atoms with Crippen LogP contribution in [0.2, 0.25) is 0 Å². The molecule has 1 N–H and O–H groups in total. The van der Waals surface area contributed by atoms with Crippen LogP contribution in [0.15, 0.2) is 0 Å². The molecule has 0 atom stereocenters. The van der Waals surface area contributed by atoms with Gasteiger partial charge < -0.3 is 5.32 Å². The van der Waals surface area contributed by atoms with Gasteiger partial charge in [-0.2, -0.15) is 0 Å². The molecular formula is C12H21NO. The van der Waals surface area contributed by atoms with Gasteiger partial charge in [-0.25, -0.2) is 0 Å². The highest BCUT2D eigenvalue weighted by molar-refractivity contribution is 5.75. The van der Waals surface area contributed by atoms with Gasteiger partial charge in [-0.1, -0.05) is 25.7 Å². The van der Waals surface area contributed by atoms with Crippen LogP contribution in [0, 0.1) is 11.8 Å². The molecule has 0 spiro atoms. The Kier molecular flexibility index (Phi) is 3.44. The lowest BCUT2D eigenvalue weighted by atomic mass is 10.0. The number of carbonyl (C=O) groups is 1. The van der Waals surface area contributed by atoms with Gasteiger partial charge in [0.05, 0.1) is 0 Å². The van der Waals surface area contributed by atoms with E-state index >= 15 is 0 Å². The summed E-state index contributed by atoms with van der Waals surface area (Å²) in [4.78, 5) is 11.4. The molecule has 0 aromatic heterocycles. The third-order valence-corrected chi connectivity index (χ3v) is 3.54. The molecule has 0 aliphatic heterocycles. The Morgan fingerprint density at radius 3 is 2.43 bits per heavy atom. The first-order valence-electron chi connectivity index (χ1n) is 6.11. The molecule has 80 valence electrons. The monoisotopic (exact) mass is 195 g/mol. The van der Waals surface area contributed by atoms with Crippen LogP contribution in [0.4, 0.5) is 0 Å². The topological polar surface area (TPSA) is 29.1 Å². The molecule has 2 aliphatic carbocycles. The quantitative estimate of drug-likeness (QED) is 0.717. The third-order valence-electron chi connectivity index (χ3n) is 3.54. The third kappa shape index (κ3) is 3.32. The van der Waals surface area contributed by atoms with Gasteiger partial charge in [0.1, 0.15) is 0 Å². The summed E-state index contributed by atoms with van der Waals surface area (Å²) >= 11 is 0. The van der Waals surface area contributed by atoms with E-state index in [1.54, 1.807) is 0 Å². The van der Waals surface area contributed by atoms with Gasteiger partial charge in [0, 0.05) is 13.0 Å². The molecule has 0 aromatic rings. The summed E-state index contributed by atoms with van der Waals surface area (Å²) in [5, 5.41) is 3.03. The minimum atomic E-state index is 0.281. The second-order valence-corrected chi connectivity index (χ2v) is 4.94. The second kappa shape index (κ2) is 4.81. The van der Waals surface area contributed by atoms with Crippen LogP contribution in [-0.4, -0.2) is 12.5 Å². The highest BCUT2D eigenvalue weighted by Crippen LogP contribution is 2.29. The van der Waals surface area contributed by atoms with Crippen LogP contribution in [0.25, 0.3) is 0 Å². The number of hydrogen-bond acceptors (Lipinski definition) is 1. The van der Waals surface area contributed by atoms with Crippen LogP contribution in [0.1, 0.15) is 51.4 Å². The van der Waals surface area contributed by atoms with Crippen LogP contribution in [0.3, 0.4) is 0 Å². The zero-order valence-corrected chi connectivity index (χ0v) is 8.93. The van der Waals surface area contributed by atoms with E-state index in [1.165, 1.54) is 38.5 Å². The van der Waals surface area contributed by atoms with Crippen LogP contribution in [-0.2, 0) is 4.79 Å². The first-order valence-corrected chi connectivity index (χ1v) is 6.11. The molecule has 0 bridgehead atoms. The average Bonchev–Trinajstić information content (AvgIpc) is 2.87. The highest BCUT2D eigenvalue weighted by Gasteiger charge is 2.22. The maximum absolute atomic E-state index is 11.4. The molecule has 2 nitrogen and oxygen atoms in total. The summed E-state index contributed by atoms with van der Waals surface area (Å²) in [6, 6.07) is 0. The van der Waals surface area contributed by atoms with E-state index in [4.69, 9.17) is 0 Å². The predicted molar refractivity (Wildman–Crippen MR) is 56.9 cm³/mol. The molecule has 2 heteroatoms. The van der Waals surface area contributed by atoms with Crippen LogP contribution < -0.4 is 5.32 Å². The molecule has 0 aromatic carbocycles. The number of nitrogens with one attached hydrogen (secondary N) is 1. The van der Waals surface area contributed by atoms with Gasteiger partial charge in [0.15, 0.2) is 0 Å². The van der Waals surface area contributed by atoms with Crippen molar-refractivity contribution in [3.63, 3.8) is 0 Å². The second-order valence-electron chi connectivity index (χ2n) is 4.94. The smallest absolute Gasteiger partial charge is 0.220 e. The molecule has 2 rings (SSSR count). The zero-order chi connectivity index (χ0) is 9.80. The van der Waals surface area contributed by atoms with E-state index in [9.17, 15) is 4.79 Å². The molecule has 14 heavy (non-hydrogen) atoms. The van der Waals surface area contributed by atoms with Gasteiger partial charge in [-0.3, -0.25) is 4.79 Å². The van der Waals surface area contributed by atoms with Crippen molar-refractivity contribution in [3.05, 3.63) is 0 Å². The first-order chi connectivity index (χ1) is 6.84. The van der Waals surface area contributed by atoms with Gasteiger partial charge in [-0.05, 0) is 31.1 Å². The summed E-state index contributed by atoms with van der Waals surface area (Å²) in [6.45, 7) is 0.934. The first kappa shape index (κ1) is 10.0. The maximum atomic E-state index is 11.4. The summed E-state index contributed by atoms with van der Waals surface area (Å²) in [7, 11) is 0. The largest absolute Gasteiger partial charge is 0.356 e. The zero-order valence-electron chi connectivity index (χ0n) is 8.93. The van der Waals surface area contributed by atoms with E-state index in [1.807, 2.05) is 0 Å². The van der Waals surface area contributed by atoms with Gasteiger partial charge in [0.2, 0.25) is 5.91 Å². The van der Waals surface area contributed by atoms with Crippen molar-refractivity contribution in [3.8, 4) is 0 Å². The molecule has 2 saturated carbocycles. The lowest BCUT2D eigenvalue weighted by molar-refractivity contribution is -0.121. The van der Waals surface area contributed by atoms with Crippen molar-refractivity contribution in [1.29, 1.82) is 0 Å². The standard InChI is InChI=1S/C12H21NO/c14-12(13-9-11-5-6-11)8-7-10-3-1-2-4-10/h10-11H,1-9H2,(H,13,14). The fourth-order valence-corrected chi connectivity index (χ4v) is 2.30. The molecule has 2 fully saturated rings. The average molecular weight is 195 g/mol. The molecular weight excluding hydrogens is 174 g/mol. The minimum absolute atomic E-state index is 0.281. The SMILES string of the molecule is O=C(CCC1CCCC1)NCC1CC1. The Labute approximate surface area is 86.5 Å². The van der Waals surface area contributed by atoms with Crippen molar-refractivity contribution in [2.45, 2.75) is 51.4 Å². The molecule has 2 aliphatic rings. The van der Waals surface area contributed by atoms with Crippen LogP contribution >= 0.6 is 0 Å². The Hall–Kier alpha value is -0.530. The van der Waals surface area contributed by atoms with Crippen molar-refractivity contribution in [2.75, 3.05) is 6.54 Å². The van der Waals surface area contributed by atoms with Crippen molar-refractivity contribution in [2.24, 2.45) is 11.8 Å². The van der Waals surface area contributed by atoms with Crippen molar-refractivity contribution in [1.82, 2.24) is 5.32 Å². The lowest BCUT2D eigenvalue weighted by Gasteiger charge is -2.08. The molecule has 0 heterocycles. The highest BCUT2D eigenvalue weighted by atomic mass is 16.1. The number of amides is 1. The van der Waals surface area contributed by atoms with E-state index in [-0.39, 0.29) is 5.91 Å². The van der Waals surface area contributed by atoms with E-state index in [2.05, 4.69) is 5.32 Å². The fourth-order valence-electron chi connectivity index (χ4n) is 2.30. The van der Waals surface area contributed by atoms with Gasteiger partial charge in [-0.15, -0.1) is 0 Å². The van der Waals surface area contributed by atoms with E-state index in [0.717, 1.165) is 31.2 Å². The number of rotatable bonds is 5. The fraction of sp³-hybridized carbons (Fsp3) is 0.917. The Balaban J connectivity index is 1.52. The summed E-state index contributed by atoms with van der Waals surface area (Å²) < 4.78 is 0. The van der Waals surface area contributed by atoms with Crippen molar-refractivity contribution >= 4 is 5.91 Å². The number of hydrogen-bond donors (Lipinski definition) is 1. The predicted octanol–water partition coefficient (Wildman–Crippen LogP) is 2.48. The van der Waals surface area contributed by atoms with Crippen LogP contribution in [0.5, 0.6) is 0 Å². The minimum Gasteiger partial charge on any atom is -0.356 e. The molecule has 0 unspecified atom stereocenters. The van der Waals surface area contributed by atoms with Gasteiger partial charge in [0.25, 0.3) is 0 Å². The summed E-state index contributed by atoms with van der Waals surface area (Å²) in [5.74, 6) is 1.94.